The fourth-order valence-corrected chi connectivity index (χ4v) is 3.69. The van der Waals surface area contributed by atoms with Crippen LogP contribution in [0.2, 0.25) is 0 Å². The van der Waals surface area contributed by atoms with E-state index in [1.54, 1.807) is 0 Å². The first-order valence-electron chi connectivity index (χ1n) is 8.01. The van der Waals surface area contributed by atoms with Crippen molar-refractivity contribution in [2.45, 2.75) is 33.2 Å². The van der Waals surface area contributed by atoms with E-state index < -0.39 is 0 Å². The Morgan fingerprint density at radius 3 is 2.52 bits per heavy atom. The third kappa shape index (κ3) is 4.76. The van der Waals surface area contributed by atoms with Gasteiger partial charge in [0.2, 0.25) is 0 Å². The molecule has 0 aliphatic carbocycles. The third-order valence-electron chi connectivity index (χ3n) is 3.58. The van der Waals surface area contributed by atoms with Crippen LogP contribution in [-0.4, -0.2) is 18.1 Å². The van der Waals surface area contributed by atoms with E-state index in [1.807, 2.05) is 0 Å². The molecule has 2 aromatic rings. The zero-order valence-electron chi connectivity index (χ0n) is 13.4. The van der Waals surface area contributed by atoms with Crippen LogP contribution in [0.4, 0.5) is 0 Å². The second kappa shape index (κ2) is 8.45. The molecular formula is C19H27NS. The minimum Gasteiger partial charge on any atom is -0.309 e. The van der Waals surface area contributed by atoms with Crippen molar-refractivity contribution in [1.29, 1.82) is 0 Å². The third-order valence-corrected chi connectivity index (χ3v) is 5.05. The molecular weight excluding hydrogens is 274 g/mol. The molecule has 0 saturated heterocycles. The molecule has 0 aliphatic heterocycles. The van der Waals surface area contributed by atoms with Gasteiger partial charge in [-0.3, -0.25) is 0 Å². The number of thioether (sulfide) groups is 1. The summed E-state index contributed by atoms with van der Waals surface area (Å²) in [5.74, 6) is 3.13. The van der Waals surface area contributed by atoms with E-state index in [9.17, 15) is 0 Å². The quantitative estimate of drug-likeness (QED) is 0.713. The molecule has 0 heterocycles. The highest BCUT2D eigenvalue weighted by molar-refractivity contribution is 7.99. The zero-order chi connectivity index (χ0) is 15.1. The van der Waals surface area contributed by atoms with E-state index >= 15 is 0 Å². The van der Waals surface area contributed by atoms with Crippen LogP contribution in [-0.2, 0) is 0 Å². The molecule has 0 aliphatic rings. The smallest absolute Gasteiger partial charge is 0.0418 e. The lowest BCUT2D eigenvalue weighted by Crippen LogP contribution is -2.24. The van der Waals surface area contributed by atoms with Gasteiger partial charge in [0, 0.05) is 11.8 Å². The minimum atomic E-state index is 0.444. The van der Waals surface area contributed by atoms with Crippen LogP contribution in [0.15, 0.2) is 42.5 Å². The molecule has 0 aromatic heterocycles. The Kier molecular flexibility index (Phi) is 6.59. The van der Waals surface area contributed by atoms with Gasteiger partial charge in [0.25, 0.3) is 0 Å². The molecule has 1 N–H and O–H groups in total. The van der Waals surface area contributed by atoms with E-state index in [-0.39, 0.29) is 0 Å². The molecule has 1 unspecified atom stereocenters. The molecule has 0 radical (unpaired) electrons. The monoisotopic (exact) mass is 301 g/mol. The fraction of sp³-hybridized carbons (Fsp3) is 0.474. The Morgan fingerprint density at radius 1 is 1.00 bits per heavy atom. The van der Waals surface area contributed by atoms with Crippen molar-refractivity contribution in [3.8, 4) is 0 Å². The Bertz CT molecular complexity index is 545. The second-order valence-electron chi connectivity index (χ2n) is 6.01. The number of rotatable bonds is 8. The lowest BCUT2D eigenvalue weighted by atomic mass is 9.99. The normalized spacial score (nSPS) is 13.0. The standard InChI is InChI=1S/C19H27NS/c1-4-12-20-19(14-21-13-15(2)3)18-11-7-9-16-8-5-6-10-17(16)18/h5-11,15,19-20H,4,12-14H2,1-3H3. The van der Waals surface area contributed by atoms with Crippen LogP contribution in [0.25, 0.3) is 10.8 Å². The van der Waals surface area contributed by atoms with Gasteiger partial charge in [0.15, 0.2) is 0 Å². The van der Waals surface area contributed by atoms with Gasteiger partial charge >= 0.3 is 0 Å². The number of fused-ring (bicyclic) bond motifs is 1. The van der Waals surface area contributed by atoms with Crippen LogP contribution >= 0.6 is 11.8 Å². The summed E-state index contributed by atoms with van der Waals surface area (Å²) in [6, 6.07) is 15.8. The van der Waals surface area contributed by atoms with Gasteiger partial charge in [-0.2, -0.15) is 11.8 Å². The van der Waals surface area contributed by atoms with Gasteiger partial charge in [-0.1, -0.05) is 63.2 Å². The number of hydrogen-bond donors (Lipinski definition) is 1. The topological polar surface area (TPSA) is 12.0 Å². The second-order valence-corrected chi connectivity index (χ2v) is 7.08. The molecule has 21 heavy (non-hydrogen) atoms. The van der Waals surface area contributed by atoms with Crippen LogP contribution in [0.1, 0.15) is 38.8 Å². The maximum Gasteiger partial charge on any atom is 0.0418 e. The minimum absolute atomic E-state index is 0.444. The first-order valence-corrected chi connectivity index (χ1v) is 9.16. The highest BCUT2D eigenvalue weighted by atomic mass is 32.2. The van der Waals surface area contributed by atoms with Crippen LogP contribution in [0.5, 0.6) is 0 Å². The van der Waals surface area contributed by atoms with Gasteiger partial charge in [0.1, 0.15) is 0 Å². The molecule has 0 spiro atoms. The summed E-state index contributed by atoms with van der Waals surface area (Å²) in [6.45, 7) is 7.89. The van der Waals surface area contributed by atoms with Gasteiger partial charge in [-0.25, -0.2) is 0 Å². The van der Waals surface area contributed by atoms with Crippen molar-refractivity contribution in [3.63, 3.8) is 0 Å². The molecule has 0 fully saturated rings. The average Bonchev–Trinajstić information content (AvgIpc) is 2.50. The van der Waals surface area contributed by atoms with Crippen LogP contribution in [0, 0.1) is 5.92 Å². The largest absolute Gasteiger partial charge is 0.309 e. The van der Waals surface area contributed by atoms with E-state index in [0.29, 0.717) is 6.04 Å². The van der Waals surface area contributed by atoms with Crippen molar-refractivity contribution >= 4 is 22.5 Å². The molecule has 114 valence electrons. The van der Waals surface area contributed by atoms with Crippen LogP contribution in [0.3, 0.4) is 0 Å². The lowest BCUT2D eigenvalue weighted by Gasteiger charge is -2.21. The highest BCUT2D eigenvalue weighted by Gasteiger charge is 2.13. The van der Waals surface area contributed by atoms with Crippen molar-refractivity contribution in [1.82, 2.24) is 5.32 Å². The van der Waals surface area contributed by atoms with E-state index in [2.05, 4.69) is 80.3 Å². The summed E-state index contributed by atoms with van der Waals surface area (Å²) in [6.07, 6.45) is 1.18. The summed E-state index contributed by atoms with van der Waals surface area (Å²) in [5, 5.41) is 6.46. The first kappa shape index (κ1) is 16.4. The number of hydrogen-bond acceptors (Lipinski definition) is 2. The Morgan fingerprint density at radius 2 is 1.76 bits per heavy atom. The number of nitrogens with one attached hydrogen (secondary N) is 1. The molecule has 2 rings (SSSR count). The van der Waals surface area contributed by atoms with Crippen molar-refractivity contribution in [3.05, 3.63) is 48.0 Å². The average molecular weight is 301 g/mol. The summed E-state index contributed by atoms with van der Waals surface area (Å²) >= 11 is 2.06. The van der Waals surface area contributed by atoms with E-state index in [0.717, 1.165) is 18.2 Å². The van der Waals surface area contributed by atoms with Crippen LogP contribution < -0.4 is 5.32 Å². The molecule has 0 bridgehead atoms. The molecule has 0 saturated carbocycles. The fourth-order valence-electron chi connectivity index (χ4n) is 2.55. The molecule has 0 amide bonds. The SMILES string of the molecule is CCCNC(CSCC(C)C)c1cccc2ccccc12. The van der Waals surface area contributed by atoms with Crippen molar-refractivity contribution < 1.29 is 0 Å². The van der Waals surface area contributed by atoms with Crippen molar-refractivity contribution in [2.75, 3.05) is 18.1 Å². The molecule has 2 aromatic carbocycles. The van der Waals surface area contributed by atoms with E-state index in [4.69, 9.17) is 0 Å². The number of benzene rings is 2. The first-order chi connectivity index (χ1) is 10.2. The maximum atomic E-state index is 3.73. The zero-order valence-corrected chi connectivity index (χ0v) is 14.2. The predicted molar refractivity (Wildman–Crippen MR) is 97.1 cm³/mol. The summed E-state index contributed by atoms with van der Waals surface area (Å²) in [5.41, 5.74) is 1.44. The molecule has 1 atom stereocenters. The molecule has 2 heteroatoms. The van der Waals surface area contributed by atoms with Gasteiger partial charge in [-0.05, 0) is 41.0 Å². The van der Waals surface area contributed by atoms with Gasteiger partial charge in [0.05, 0.1) is 0 Å². The summed E-state index contributed by atoms with van der Waals surface area (Å²) < 4.78 is 0. The lowest BCUT2D eigenvalue weighted by molar-refractivity contribution is 0.580. The Balaban J connectivity index is 2.20. The molecule has 1 nitrogen and oxygen atoms in total. The highest BCUT2D eigenvalue weighted by Crippen LogP contribution is 2.27. The maximum absolute atomic E-state index is 3.73. The van der Waals surface area contributed by atoms with Gasteiger partial charge < -0.3 is 5.32 Å². The van der Waals surface area contributed by atoms with Crippen molar-refractivity contribution in [2.24, 2.45) is 5.92 Å². The Hall–Kier alpha value is -0.990. The Labute approximate surface area is 133 Å². The van der Waals surface area contributed by atoms with E-state index in [1.165, 1.54) is 28.5 Å². The summed E-state index contributed by atoms with van der Waals surface area (Å²) in [4.78, 5) is 0. The summed E-state index contributed by atoms with van der Waals surface area (Å²) in [7, 11) is 0. The van der Waals surface area contributed by atoms with Gasteiger partial charge in [-0.15, -0.1) is 0 Å². The predicted octanol–water partition coefficient (Wildman–Crippen LogP) is 5.27.